The van der Waals surface area contributed by atoms with E-state index in [4.69, 9.17) is 33.2 Å². The fourth-order valence-corrected chi connectivity index (χ4v) is 8.80. The van der Waals surface area contributed by atoms with Gasteiger partial charge in [-0.1, -0.05) is 24.3 Å². The summed E-state index contributed by atoms with van der Waals surface area (Å²) in [6, 6.07) is 7.04. The van der Waals surface area contributed by atoms with Gasteiger partial charge in [-0.05, 0) is 82.6 Å². The van der Waals surface area contributed by atoms with Gasteiger partial charge in [-0.2, -0.15) is 0 Å². The molecule has 8 aliphatic rings. The summed E-state index contributed by atoms with van der Waals surface area (Å²) in [7, 11) is 0. The van der Waals surface area contributed by atoms with Gasteiger partial charge < -0.3 is 33.2 Å². The topological polar surface area (TPSA) is 146 Å². The Morgan fingerprint density at radius 2 is 0.875 bits per heavy atom. The lowest BCUT2D eigenvalue weighted by atomic mass is 9.83. The fraction of sp³-hybridized carbons (Fsp3) is 0.730. The number of benzene rings is 1. The average molecular weight is 665 g/mol. The molecule has 9 rings (SSSR count). The van der Waals surface area contributed by atoms with Crippen molar-refractivity contribution in [3.8, 4) is 0 Å². The molecule has 4 saturated heterocycles. The van der Waals surface area contributed by atoms with Crippen LogP contribution in [0, 0.1) is 23.7 Å². The number of fused-ring (bicyclic) bond motifs is 4. The van der Waals surface area contributed by atoms with Crippen molar-refractivity contribution >= 4 is 23.7 Å². The van der Waals surface area contributed by atoms with Crippen molar-refractivity contribution in [3.05, 3.63) is 35.4 Å². The molecule has 8 fully saturated rings. The Balaban J connectivity index is 0.919. The third-order valence-corrected chi connectivity index (χ3v) is 12.1. The summed E-state index contributed by atoms with van der Waals surface area (Å²) in [5, 5.41) is 0. The molecule has 0 radical (unpaired) electrons. The summed E-state index contributed by atoms with van der Waals surface area (Å²) in [5.74, 6) is -2.02. The van der Waals surface area contributed by atoms with Crippen molar-refractivity contribution < 1.29 is 52.3 Å². The maximum atomic E-state index is 13.5. The molecule has 4 aliphatic carbocycles. The fourth-order valence-electron chi connectivity index (χ4n) is 8.80. The van der Waals surface area contributed by atoms with E-state index in [1.165, 1.54) is 0 Å². The molecule has 13 atom stereocenters. The predicted molar refractivity (Wildman–Crippen MR) is 164 cm³/mol. The second kappa shape index (κ2) is 12.5. The third-order valence-electron chi connectivity index (χ3n) is 12.1. The molecule has 0 amide bonds. The van der Waals surface area contributed by atoms with Crippen LogP contribution in [0.3, 0.4) is 0 Å². The van der Waals surface area contributed by atoms with E-state index in [2.05, 4.69) is 0 Å². The Labute approximate surface area is 279 Å². The highest BCUT2D eigenvalue weighted by Gasteiger charge is 2.50. The molecule has 11 nitrogen and oxygen atoms in total. The summed E-state index contributed by atoms with van der Waals surface area (Å²) < 4.78 is 40.5. The monoisotopic (exact) mass is 664 g/mol. The van der Waals surface area contributed by atoms with E-state index in [9.17, 15) is 19.2 Å². The van der Waals surface area contributed by atoms with Gasteiger partial charge in [0.1, 0.15) is 11.9 Å². The molecule has 0 spiro atoms. The van der Waals surface area contributed by atoms with E-state index < -0.39 is 24.3 Å². The molecule has 11 heteroatoms. The van der Waals surface area contributed by atoms with Gasteiger partial charge in [0.05, 0.1) is 66.6 Å². The molecule has 0 N–H and O–H groups in total. The summed E-state index contributed by atoms with van der Waals surface area (Å²) >= 11 is 0. The number of ether oxygens (including phenoxy) is 7. The molecule has 0 aromatic heterocycles. The van der Waals surface area contributed by atoms with Crippen LogP contribution in [-0.4, -0.2) is 72.5 Å². The zero-order valence-corrected chi connectivity index (χ0v) is 27.1. The Bertz CT molecular complexity index is 1250. The van der Waals surface area contributed by atoms with Crippen molar-refractivity contribution in [2.24, 2.45) is 23.7 Å². The van der Waals surface area contributed by atoms with Crippen LogP contribution < -0.4 is 0 Å². The second-order valence-electron chi connectivity index (χ2n) is 15.4. The van der Waals surface area contributed by atoms with Gasteiger partial charge in [0.2, 0.25) is 0 Å². The van der Waals surface area contributed by atoms with Crippen LogP contribution in [-0.2, 0) is 52.3 Å². The highest BCUT2D eigenvalue weighted by atomic mass is 16.7. The maximum Gasteiger partial charge on any atom is 0.312 e. The zero-order chi connectivity index (χ0) is 32.5. The number of hydrogen-bond donors (Lipinski definition) is 0. The maximum absolute atomic E-state index is 13.5. The molecule has 0 bridgehead atoms. The molecule has 4 aliphatic heterocycles. The third kappa shape index (κ3) is 6.67. The molecule has 1 aromatic rings. The number of hydrogen-bond acceptors (Lipinski definition) is 11. The van der Waals surface area contributed by atoms with Gasteiger partial charge in [-0.3, -0.25) is 19.2 Å². The number of carbonyl (C=O) groups excluding carboxylic acids is 4. The summed E-state index contributed by atoms with van der Waals surface area (Å²) in [6.45, 7) is 0. The summed E-state index contributed by atoms with van der Waals surface area (Å²) in [6.07, 6.45) is 8.43. The van der Waals surface area contributed by atoms with Gasteiger partial charge in [-0.25, -0.2) is 0 Å². The Kier molecular flexibility index (Phi) is 8.10. The summed E-state index contributed by atoms with van der Waals surface area (Å²) in [4.78, 5) is 53.6. The number of esters is 3. The standard InChI is InChI=1S/C37H44O11/c38-24(20-5-9-25-30(13-20)42-25)17-29(46-34(39)21-6-10-26-31(14-21)43-26)18-1-3-19(4-2-18)37(47-35(40)22-7-11-27-32(15-22)44-27)48-36(41)23-8-12-28-33(16-23)45-28/h1-4,20-23,25-33,37H,5-17H2. The highest BCUT2D eigenvalue weighted by Crippen LogP contribution is 2.44. The normalized spacial score (nSPS) is 41.1. The molecule has 48 heavy (non-hydrogen) atoms. The van der Waals surface area contributed by atoms with Crippen molar-refractivity contribution in [1.29, 1.82) is 0 Å². The van der Waals surface area contributed by atoms with Crippen LogP contribution in [0.2, 0.25) is 0 Å². The molecule has 258 valence electrons. The smallest absolute Gasteiger partial charge is 0.312 e. The van der Waals surface area contributed by atoms with Gasteiger partial charge in [-0.15, -0.1) is 0 Å². The minimum absolute atomic E-state index is 0.0736. The predicted octanol–water partition coefficient (Wildman–Crippen LogP) is 4.59. The van der Waals surface area contributed by atoms with Crippen LogP contribution in [0.5, 0.6) is 0 Å². The number of ketones is 1. The van der Waals surface area contributed by atoms with Crippen LogP contribution >= 0.6 is 0 Å². The van der Waals surface area contributed by atoms with Crippen molar-refractivity contribution in [3.63, 3.8) is 0 Å². The first-order chi connectivity index (χ1) is 23.3. The zero-order valence-electron chi connectivity index (χ0n) is 27.1. The first kappa shape index (κ1) is 31.1. The number of epoxide rings is 4. The molecular formula is C37H44O11. The second-order valence-corrected chi connectivity index (χ2v) is 15.4. The number of rotatable bonds is 11. The summed E-state index contributed by atoms with van der Waals surface area (Å²) in [5.41, 5.74) is 1.16. The van der Waals surface area contributed by atoms with E-state index in [0.717, 1.165) is 32.1 Å². The van der Waals surface area contributed by atoms with Gasteiger partial charge >= 0.3 is 17.9 Å². The van der Waals surface area contributed by atoms with Crippen LogP contribution in [0.25, 0.3) is 0 Å². The molecule has 13 unspecified atom stereocenters. The number of carbonyl (C=O) groups is 4. The lowest BCUT2D eigenvalue weighted by Gasteiger charge is -2.26. The van der Waals surface area contributed by atoms with Gasteiger partial charge in [0.15, 0.2) is 0 Å². The average Bonchev–Trinajstić information content (AvgIpc) is 3.93. The highest BCUT2D eigenvalue weighted by molar-refractivity contribution is 5.82. The van der Waals surface area contributed by atoms with E-state index >= 15 is 0 Å². The van der Waals surface area contributed by atoms with Crippen molar-refractivity contribution in [1.82, 2.24) is 0 Å². The lowest BCUT2D eigenvalue weighted by molar-refractivity contribution is -0.196. The first-order valence-electron chi connectivity index (χ1n) is 18.2. The minimum Gasteiger partial charge on any atom is -0.457 e. The van der Waals surface area contributed by atoms with E-state index in [1.807, 2.05) is 0 Å². The molecule has 1 aromatic carbocycles. The van der Waals surface area contributed by atoms with Crippen LogP contribution in [0.4, 0.5) is 0 Å². The molecular weight excluding hydrogens is 620 g/mol. The Morgan fingerprint density at radius 3 is 1.31 bits per heavy atom. The Morgan fingerprint density at radius 1 is 0.500 bits per heavy atom. The first-order valence-corrected chi connectivity index (χ1v) is 18.2. The van der Waals surface area contributed by atoms with Gasteiger partial charge in [0.25, 0.3) is 6.29 Å². The van der Waals surface area contributed by atoms with Crippen LogP contribution in [0.1, 0.15) is 107 Å². The quantitative estimate of drug-likeness (QED) is 0.186. The van der Waals surface area contributed by atoms with Crippen molar-refractivity contribution in [2.75, 3.05) is 0 Å². The molecule has 4 heterocycles. The lowest BCUT2D eigenvalue weighted by Crippen LogP contribution is -2.30. The Hall–Kier alpha value is -2.86. The van der Waals surface area contributed by atoms with Gasteiger partial charge in [0, 0.05) is 17.9 Å². The molecule has 4 saturated carbocycles. The van der Waals surface area contributed by atoms with Crippen LogP contribution in [0.15, 0.2) is 24.3 Å². The van der Waals surface area contributed by atoms with E-state index in [1.54, 1.807) is 24.3 Å². The van der Waals surface area contributed by atoms with E-state index in [0.29, 0.717) is 62.2 Å². The van der Waals surface area contributed by atoms with Crippen molar-refractivity contribution in [2.45, 2.75) is 145 Å². The number of Topliss-reactive ketones (excluding diaryl/α,β-unsaturated/α-hetero) is 1. The largest absolute Gasteiger partial charge is 0.457 e. The SMILES string of the molecule is O=C(CC(OC(=O)C1CCC2OC2C1)c1ccc(C(OC(=O)C2CCC3OC3C2)OC(=O)C2CCC3OC3C2)cc1)C1CCC2OC2C1. The minimum atomic E-state index is -1.22. The van der Waals surface area contributed by atoms with E-state index in [-0.39, 0.29) is 84.6 Å².